The van der Waals surface area contributed by atoms with Gasteiger partial charge in [-0.3, -0.25) is 9.69 Å². The monoisotopic (exact) mass is 290 g/mol. The van der Waals surface area contributed by atoms with E-state index in [1.54, 1.807) is 0 Å². The van der Waals surface area contributed by atoms with Gasteiger partial charge in [0.25, 0.3) is 0 Å². The SMILES string of the molecule is CCC1CCCCN1C(C(=O)O)c1ccc(N(C)C)cc1. The zero-order valence-corrected chi connectivity index (χ0v) is 13.2. The van der Waals surface area contributed by atoms with E-state index in [1.807, 2.05) is 43.3 Å². The van der Waals surface area contributed by atoms with Crippen molar-refractivity contribution in [2.45, 2.75) is 44.7 Å². The van der Waals surface area contributed by atoms with Crippen LogP contribution in [0.5, 0.6) is 0 Å². The van der Waals surface area contributed by atoms with Crippen molar-refractivity contribution in [2.75, 3.05) is 25.5 Å². The minimum Gasteiger partial charge on any atom is -0.480 e. The quantitative estimate of drug-likeness (QED) is 0.905. The molecule has 116 valence electrons. The number of piperidine rings is 1. The number of nitrogens with zero attached hydrogens (tertiary/aromatic N) is 2. The van der Waals surface area contributed by atoms with Gasteiger partial charge in [0.1, 0.15) is 6.04 Å². The number of benzene rings is 1. The van der Waals surface area contributed by atoms with Gasteiger partial charge in [-0.25, -0.2) is 0 Å². The van der Waals surface area contributed by atoms with Crippen LogP contribution in [0.15, 0.2) is 24.3 Å². The molecular formula is C17H26N2O2. The fraction of sp³-hybridized carbons (Fsp3) is 0.588. The normalized spacial score (nSPS) is 21.0. The summed E-state index contributed by atoms with van der Waals surface area (Å²) in [7, 11) is 3.98. The molecule has 0 radical (unpaired) electrons. The Hall–Kier alpha value is -1.55. The predicted molar refractivity (Wildman–Crippen MR) is 85.8 cm³/mol. The Kier molecular flexibility index (Phi) is 5.23. The first-order valence-electron chi connectivity index (χ1n) is 7.80. The van der Waals surface area contributed by atoms with Gasteiger partial charge >= 0.3 is 5.97 Å². The third-order valence-electron chi connectivity index (χ3n) is 4.43. The molecule has 4 heteroatoms. The number of likely N-dealkylation sites (tertiary alicyclic amines) is 1. The number of carbonyl (C=O) groups is 1. The van der Waals surface area contributed by atoms with Gasteiger partial charge in [-0.2, -0.15) is 0 Å². The van der Waals surface area contributed by atoms with Crippen molar-refractivity contribution in [1.82, 2.24) is 4.90 Å². The molecule has 1 aliphatic heterocycles. The Balaban J connectivity index is 2.27. The van der Waals surface area contributed by atoms with Crippen LogP contribution in [0.4, 0.5) is 5.69 Å². The Labute approximate surface area is 127 Å². The number of carboxylic acid groups (broad SMARTS) is 1. The van der Waals surface area contributed by atoms with Crippen molar-refractivity contribution in [3.05, 3.63) is 29.8 Å². The summed E-state index contributed by atoms with van der Waals surface area (Å²) >= 11 is 0. The summed E-state index contributed by atoms with van der Waals surface area (Å²) in [4.78, 5) is 16.0. The number of rotatable bonds is 5. The predicted octanol–water partition coefficient (Wildman–Crippen LogP) is 3.14. The molecule has 1 aromatic rings. The molecule has 2 unspecified atom stereocenters. The fourth-order valence-corrected chi connectivity index (χ4v) is 3.23. The summed E-state index contributed by atoms with van der Waals surface area (Å²) in [6.07, 6.45) is 4.42. The standard InChI is InChI=1S/C17H26N2O2/c1-4-14-7-5-6-12-19(14)16(17(20)21)13-8-10-15(11-9-13)18(2)3/h8-11,14,16H,4-7,12H2,1-3H3,(H,20,21). The number of hydrogen-bond donors (Lipinski definition) is 1. The van der Waals surface area contributed by atoms with Crippen molar-refractivity contribution in [3.8, 4) is 0 Å². The molecule has 1 saturated heterocycles. The Bertz CT molecular complexity index is 470. The lowest BCUT2D eigenvalue weighted by Crippen LogP contribution is -2.44. The lowest BCUT2D eigenvalue weighted by atomic mass is 9.94. The van der Waals surface area contributed by atoms with Crippen LogP contribution in [0.2, 0.25) is 0 Å². The number of anilines is 1. The lowest BCUT2D eigenvalue weighted by Gasteiger charge is -2.39. The van der Waals surface area contributed by atoms with Crippen molar-refractivity contribution >= 4 is 11.7 Å². The first-order chi connectivity index (χ1) is 10.0. The second-order valence-corrected chi connectivity index (χ2v) is 6.02. The minimum atomic E-state index is -0.743. The van der Waals surface area contributed by atoms with E-state index in [1.165, 1.54) is 6.42 Å². The van der Waals surface area contributed by atoms with Gasteiger partial charge in [0.2, 0.25) is 0 Å². The molecule has 1 heterocycles. The van der Waals surface area contributed by atoms with E-state index >= 15 is 0 Å². The highest BCUT2D eigenvalue weighted by Gasteiger charge is 2.33. The molecular weight excluding hydrogens is 264 g/mol. The highest BCUT2D eigenvalue weighted by molar-refractivity contribution is 5.76. The Morgan fingerprint density at radius 2 is 2.00 bits per heavy atom. The summed E-state index contributed by atoms with van der Waals surface area (Å²) in [6, 6.07) is 7.76. The molecule has 4 nitrogen and oxygen atoms in total. The van der Waals surface area contributed by atoms with Gasteiger partial charge in [0.05, 0.1) is 0 Å². The highest BCUT2D eigenvalue weighted by atomic mass is 16.4. The smallest absolute Gasteiger partial charge is 0.325 e. The lowest BCUT2D eigenvalue weighted by molar-refractivity contribution is -0.145. The van der Waals surface area contributed by atoms with E-state index in [2.05, 4.69) is 11.8 Å². The Morgan fingerprint density at radius 3 is 2.52 bits per heavy atom. The molecule has 1 aliphatic rings. The first-order valence-corrected chi connectivity index (χ1v) is 7.80. The molecule has 1 N–H and O–H groups in total. The maximum Gasteiger partial charge on any atom is 0.325 e. The van der Waals surface area contributed by atoms with Crippen LogP contribution in [0.3, 0.4) is 0 Å². The third-order valence-corrected chi connectivity index (χ3v) is 4.43. The summed E-state index contributed by atoms with van der Waals surface area (Å²) in [5.41, 5.74) is 1.97. The van der Waals surface area contributed by atoms with Gasteiger partial charge < -0.3 is 10.0 Å². The average molecular weight is 290 g/mol. The van der Waals surface area contributed by atoms with Crippen molar-refractivity contribution in [3.63, 3.8) is 0 Å². The van der Waals surface area contributed by atoms with E-state index < -0.39 is 12.0 Å². The van der Waals surface area contributed by atoms with E-state index in [9.17, 15) is 9.90 Å². The highest BCUT2D eigenvalue weighted by Crippen LogP contribution is 2.31. The van der Waals surface area contributed by atoms with Gasteiger partial charge in [0, 0.05) is 25.8 Å². The molecule has 2 atom stereocenters. The van der Waals surface area contributed by atoms with Gasteiger partial charge in [-0.05, 0) is 43.5 Å². The molecule has 0 aliphatic carbocycles. The van der Waals surface area contributed by atoms with Crippen LogP contribution in [0.25, 0.3) is 0 Å². The second kappa shape index (κ2) is 6.94. The molecule has 0 aromatic heterocycles. The molecule has 2 rings (SSSR count). The van der Waals surface area contributed by atoms with Crippen LogP contribution < -0.4 is 4.90 Å². The van der Waals surface area contributed by atoms with Gasteiger partial charge in [-0.15, -0.1) is 0 Å². The molecule has 0 bridgehead atoms. The van der Waals surface area contributed by atoms with Crippen LogP contribution >= 0.6 is 0 Å². The fourth-order valence-electron chi connectivity index (χ4n) is 3.23. The number of carboxylic acids is 1. The van der Waals surface area contributed by atoms with Crippen molar-refractivity contribution < 1.29 is 9.90 Å². The maximum atomic E-state index is 11.8. The molecule has 1 aromatic carbocycles. The molecule has 0 saturated carbocycles. The molecule has 21 heavy (non-hydrogen) atoms. The minimum absolute atomic E-state index is 0.383. The molecule has 0 amide bonds. The second-order valence-electron chi connectivity index (χ2n) is 6.02. The number of aliphatic carboxylic acids is 1. The van der Waals surface area contributed by atoms with Crippen LogP contribution in [-0.4, -0.2) is 42.7 Å². The van der Waals surface area contributed by atoms with Crippen LogP contribution in [-0.2, 0) is 4.79 Å². The van der Waals surface area contributed by atoms with E-state index in [4.69, 9.17) is 0 Å². The van der Waals surface area contributed by atoms with Crippen LogP contribution in [0.1, 0.15) is 44.2 Å². The van der Waals surface area contributed by atoms with Gasteiger partial charge in [-0.1, -0.05) is 25.5 Å². The topological polar surface area (TPSA) is 43.8 Å². The zero-order chi connectivity index (χ0) is 15.4. The van der Waals surface area contributed by atoms with Gasteiger partial charge in [0.15, 0.2) is 0 Å². The first kappa shape index (κ1) is 15.8. The molecule has 0 spiro atoms. The largest absolute Gasteiger partial charge is 0.480 e. The van der Waals surface area contributed by atoms with Crippen molar-refractivity contribution in [1.29, 1.82) is 0 Å². The van der Waals surface area contributed by atoms with Crippen molar-refractivity contribution in [2.24, 2.45) is 0 Å². The molecule has 1 fully saturated rings. The summed E-state index contributed by atoms with van der Waals surface area (Å²) in [6.45, 7) is 3.03. The summed E-state index contributed by atoms with van der Waals surface area (Å²) < 4.78 is 0. The van der Waals surface area contributed by atoms with E-state index in [0.29, 0.717) is 6.04 Å². The summed E-state index contributed by atoms with van der Waals surface area (Å²) in [5, 5.41) is 9.72. The van der Waals surface area contributed by atoms with E-state index in [0.717, 1.165) is 37.1 Å². The van der Waals surface area contributed by atoms with E-state index in [-0.39, 0.29) is 0 Å². The Morgan fingerprint density at radius 1 is 1.33 bits per heavy atom. The summed E-state index contributed by atoms with van der Waals surface area (Å²) in [5.74, 6) is -0.743. The number of hydrogen-bond acceptors (Lipinski definition) is 3. The van der Waals surface area contributed by atoms with Crippen LogP contribution in [0, 0.1) is 0 Å². The zero-order valence-electron chi connectivity index (χ0n) is 13.2. The third kappa shape index (κ3) is 3.56. The average Bonchev–Trinajstić information content (AvgIpc) is 2.48. The maximum absolute atomic E-state index is 11.8.